The van der Waals surface area contributed by atoms with Crippen molar-refractivity contribution < 1.29 is 19.0 Å². The van der Waals surface area contributed by atoms with Crippen molar-refractivity contribution in [3.05, 3.63) is 94.0 Å². The Bertz CT molecular complexity index is 1610. The van der Waals surface area contributed by atoms with Gasteiger partial charge in [0.1, 0.15) is 23.1 Å². The van der Waals surface area contributed by atoms with E-state index in [1.54, 1.807) is 13.0 Å². The number of phenolic OH excluding ortho intramolecular Hbond substituents is 2. The molecular formula is C26H22F2N4O3. The van der Waals surface area contributed by atoms with Crippen molar-refractivity contribution in [2.45, 2.75) is 19.3 Å². The first-order chi connectivity index (χ1) is 16.7. The molecule has 3 aromatic carbocycles. The van der Waals surface area contributed by atoms with Crippen LogP contribution in [0.1, 0.15) is 24.0 Å². The second-order valence-electron chi connectivity index (χ2n) is 8.59. The number of H-pyrrole nitrogens is 1. The maximum absolute atomic E-state index is 14.2. The van der Waals surface area contributed by atoms with Gasteiger partial charge in [-0.05, 0) is 60.4 Å². The lowest BCUT2D eigenvalue weighted by atomic mass is 9.91. The van der Waals surface area contributed by atoms with E-state index in [1.165, 1.54) is 28.8 Å². The van der Waals surface area contributed by atoms with E-state index in [1.807, 2.05) is 36.0 Å². The molecule has 1 atom stereocenters. The zero-order valence-electron chi connectivity index (χ0n) is 19.0. The summed E-state index contributed by atoms with van der Waals surface area (Å²) in [6, 6.07) is 13.7. The molecule has 35 heavy (non-hydrogen) atoms. The van der Waals surface area contributed by atoms with Gasteiger partial charge in [0.2, 0.25) is 0 Å². The summed E-state index contributed by atoms with van der Waals surface area (Å²) in [4.78, 5) is 12.7. The van der Waals surface area contributed by atoms with Crippen LogP contribution in [0.2, 0.25) is 0 Å². The molecule has 2 aromatic heterocycles. The van der Waals surface area contributed by atoms with Gasteiger partial charge >= 0.3 is 5.69 Å². The Kier molecular flexibility index (Phi) is 5.39. The predicted molar refractivity (Wildman–Crippen MR) is 128 cm³/mol. The standard InChI is InChI=1S/C26H22F2N4O3/c1-14(10-18-20(27)4-3-5-21(18)28)17-12-19(24(34)13-23(17)33)25-29-30-26(35)32(25)16-6-7-22-15(11-16)8-9-31(22)2/h3-9,11-14,33-34H,10H2,1-2H3,(H,30,35)/t14-/m0/s1. The smallest absolute Gasteiger partial charge is 0.348 e. The normalized spacial score (nSPS) is 12.3. The highest BCUT2D eigenvalue weighted by Crippen LogP contribution is 2.39. The molecule has 5 aromatic rings. The Morgan fingerprint density at radius 3 is 2.51 bits per heavy atom. The predicted octanol–water partition coefficient (Wildman–Crippen LogP) is 4.75. The number of fused-ring (bicyclic) bond motifs is 1. The van der Waals surface area contributed by atoms with Crippen LogP contribution in [-0.2, 0) is 13.5 Å². The first-order valence-electron chi connectivity index (χ1n) is 11.0. The van der Waals surface area contributed by atoms with E-state index in [4.69, 9.17) is 0 Å². The van der Waals surface area contributed by atoms with Gasteiger partial charge in [-0.2, -0.15) is 5.10 Å². The number of hydrogen-bond donors (Lipinski definition) is 3. The second kappa shape index (κ2) is 8.43. The topological polar surface area (TPSA) is 96.1 Å². The number of halogens is 2. The van der Waals surface area contributed by atoms with Crippen LogP contribution in [0.4, 0.5) is 8.78 Å². The lowest BCUT2D eigenvalue weighted by molar-refractivity contribution is 0.442. The summed E-state index contributed by atoms with van der Waals surface area (Å²) in [6.45, 7) is 1.71. The number of nitrogens with zero attached hydrogens (tertiary/aromatic N) is 3. The molecule has 0 unspecified atom stereocenters. The van der Waals surface area contributed by atoms with Crippen LogP contribution < -0.4 is 5.69 Å². The Balaban J connectivity index is 1.60. The Morgan fingerprint density at radius 2 is 1.77 bits per heavy atom. The maximum Gasteiger partial charge on any atom is 0.348 e. The molecule has 0 spiro atoms. The fourth-order valence-corrected chi connectivity index (χ4v) is 4.44. The minimum atomic E-state index is -0.673. The summed E-state index contributed by atoms with van der Waals surface area (Å²) in [7, 11) is 1.92. The number of aryl methyl sites for hydroxylation is 1. The zero-order valence-corrected chi connectivity index (χ0v) is 19.0. The highest BCUT2D eigenvalue weighted by molar-refractivity contribution is 5.82. The van der Waals surface area contributed by atoms with Gasteiger partial charge in [-0.1, -0.05) is 13.0 Å². The zero-order chi connectivity index (χ0) is 24.9. The van der Waals surface area contributed by atoms with E-state index in [0.29, 0.717) is 11.3 Å². The lowest BCUT2D eigenvalue weighted by Crippen LogP contribution is -2.15. The molecule has 9 heteroatoms. The first kappa shape index (κ1) is 22.4. The van der Waals surface area contributed by atoms with E-state index in [9.17, 15) is 23.8 Å². The largest absolute Gasteiger partial charge is 0.508 e. The van der Waals surface area contributed by atoms with Crippen LogP contribution in [0.25, 0.3) is 28.0 Å². The van der Waals surface area contributed by atoms with Crippen LogP contribution in [-0.4, -0.2) is 29.5 Å². The SMILES string of the molecule is C[C@@H](Cc1c(F)cccc1F)c1cc(-c2n[nH]c(=O)n2-c2ccc3c(ccn3C)c2)c(O)cc1O. The third-order valence-corrected chi connectivity index (χ3v) is 6.29. The van der Waals surface area contributed by atoms with Crippen molar-refractivity contribution in [1.82, 2.24) is 19.3 Å². The molecule has 0 bridgehead atoms. The third-order valence-electron chi connectivity index (χ3n) is 6.29. The minimum Gasteiger partial charge on any atom is -0.508 e. The fourth-order valence-electron chi connectivity index (χ4n) is 4.44. The number of aromatic amines is 1. The Labute approximate surface area is 198 Å². The summed E-state index contributed by atoms with van der Waals surface area (Å²) in [6.07, 6.45) is 1.89. The minimum absolute atomic E-state index is 0.0195. The van der Waals surface area contributed by atoms with Gasteiger partial charge in [0.05, 0.1) is 11.3 Å². The van der Waals surface area contributed by atoms with E-state index < -0.39 is 23.2 Å². The van der Waals surface area contributed by atoms with Crippen LogP contribution in [0.15, 0.2) is 65.6 Å². The lowest BCUT2D eigenvalue weighted by Gasteiger charge is -2.17. The number of hydrogen-bond acceptors (Lipinski definition) is 4. The van der Waals surface area contributed by atoms with Gasteiger partial charge in [-0.15, -0.1) is 0 Å². The van der Waals surface area contributed by atoms with Gasteiger partial charge in [0.25, 0.3) is 0 Å². The summed E-state index contributed by atoms with van der Waals surface area (Å²) in [5.74, 6) is -2.25. The van der Waals surface area contributed by atoms with Gasteiger partial charge < -0.3 is 14.8 Å². The molecule has 5 rings (SSSR count). The number of aromatic hydroxyl groups is 2. The number of phenols is 2. The summed E-state index contributed by atoms with van der Waals surface area (Å²) >= 11 is 0. The third kappa shape index (κ3) is 3.84. The number of nitrogens with one attached hydrogen (secondary N) is 1. The number of rotatable bonds is 5. The fraction of sp³-hybridized carbons (Fsp3) is 0.154. The maximum atomic E-state index is 14.2. The van der Waals surface area contributed by atoms with Gasteiger partial charge in [-0.25, -0.2) is 23.2 Å². The molecule has 2 heterocycles. The summed E-state index contributed by atoms with van der Waals surface area (Å²) in [5.41, 5.74) is 1.45. The number of benzene rings is 3. The molecule has 0 aliphatic rings. The van der Waals surface area contributed by atoms with Crippen molar-refractivity contribution in [2.75, 3.05) is 0 Å². The van der Waals surface area contributed by atoms with E-state index >= 15 is 0 Å². The highest BCUT2D eigenvalue weighted by Gasteiger charge is 2.22. The van der Waals surface area contributed by atoms with Crippen LogP contribution in [0.5, 0.6) is 11.5 Å². The van der Waals surface area contributed by atoms with E-state index in [0.717, 1.165) is 17.0 Å². The van der Waals surface area contributed by atoms with Crippen molar-refractivity contribution in [2.24, 2.45) is 7.05 Å². The van der Waals surface area contributed by atoms with Gasteiger partial charge in [-0.3, -0.25) is 0 Å². The molecule has 0 aliphatic heterocycles. The van der Waals surface area contributed by atoms with Crippen molar-refractivity contribution >= 4 is 10.9 Å². The van der Waals surface area contributed by atoms with Crippen molar-refractivity contribution in [3.63, 3.8) is 0 Å². The molecular weight excluding hydrogens is 454 g/mol. The highest BCUT2D eigenvalue weighted by atomic mass is 19.1. The average Bonchev–Trinajstić information content (AvgIpc) is 3.38. The molecule has 0 fully saturated rings. The van der Waals surface area contributed by atoms with Crippen LogP contribution in [0.3, 0.4) is 0 Å². The molecule has 0 amide bonds. The molecule has 3 N–H and O–H groups in total. The number of aromatic nitrogens is 4. The van der Waals surface area contributed by atoms with Crippen LogP contribution >= 0.6 is 0 Å². The monoisotopic (exact) mass is 476 g/mol. The van der Waals surface area contributed by atoms with Crippen LogP contribution in [0, 0.1) is 11.6 Å². The molecule has 178 valence electrons. The Hall–Kier alpha value is -4.40. The van der Waals surface area contributed by atoms with Gasteiger partial charge in [0, 0.05) is 35.8 Å². The van der Waals surface area contributed by atoms with Crippen molar-refractivity contribution in [3.8, 4) is 28.6 Å². The summed E-state index contributed by atoms with van der Waals surface area (Å²) < 4.78 is 31.7. The summed E-state index contributed by atoms with van der Waals surface area (Å²) in [5, 5.41) is 28.6. The second-order valence-corrected chi connectivity index (χ2v) is 8.59. The quantitative estimate of drug-likeness (QED) is 0.341. The molecule has 0 radical (unpaired) electrons. The molecule has 0 saturated heterocycles. The molecule has 0 saturated carbocycles. The first-order valence-corrected chi connectivity index (χ1v) is 11.0. The van der Waals surface area contributed by atoms with E-state index in [2.05, 4.69) is 10.2 Å². The molecule has 7 nitrogen and oxygen atoms in total. The van der Waals surface area contributed by atoms with Crippen molar-refractivity contribution in [1.29, 1.82) is 0 Å². The Morgan fingerprint density at radius 1 is 1.03 bits per heavy atom. The molecule has 0 aliphatic carbocycles. The average molecular weight is 476 g/mol. The van der Waals surface area contributed by atoms with E-state index in [-0.39, 0.29) is 34.9 Å². The van der Waals surface area contributed by atoms with Gasteiger partial charge in [0.15, 0.2) is 5.82 Å².